The molecular weight excluding hydrogens is 537 g/mol. The number of nitro benzene ring substituents is 1. The predicted molar refractivity (Wildman–Crippen MR) is 134 cm³/mol. The summed E-state index contributed by atoms with van der Waals surface area (Å²) < 4.78 is 28.5. The summed E-state index contributed by atoms with van der Waals surface area (Å²) in [6.45, 7) is 0. The van der Waals surface area contributed by atoms with E-state index in [2.05, 4.69) is 4.99 Å². The van der Waals surface area contributed by atoms with Crippen molar-refractivity contribution >= 4 is 62.1 Å². The molecule has 0 radical (unpaired) electrons. The van der Waals surface area contributed by atoms with E-state index >= 15 is 0 Å². The lowest BCUT2D eigenvalue weighted by Crippen LogP contribution is -2.48. The molecule has 3 aromatic carbocycles. The zero-order valence-electron chi connectivity index (χ0n) is 17.7. The Morgan fingerprint density at radius 2 is 1.57 bits per heavy atom. The molecule has 1 aliphatic rings. The van der Waals surface area contributed by atoms with Gasteiger partial charge in [0.25, 0.3) is 15.7 Å². The first-order chi connectivity index (χ1) is 16.6. The summed E-state index contributed by atoms with van der Waals surface area (Å²) in [5.41, 5.74) is 0.0418. The molecule has 0 aromatic heterocycles. The van der Waals surface area contributed by atoms with Crippen LogP contribution in [0, 0.1) is 10.1 Å². The van der Waals surface area contributed by atoms with Gasteiger partial charge in [-0.2, -0.15) is 0 Å². The van der Waals surface area contributed by atoms with Gasteiger partial charge in [-0.05, 0) is 35.9 Å². The number of alkyl halides is 2. The predicted octanol–water partition coefficient (Wildman–Crippen LogP) is 5.45. The molecule has 0 fully saturated rings. The van der Waals surface area contributed by atoms with Gasteiger partial charge < -0.3 is 0 Å². The summed E-state index contributed by atoms with van der Waals surface area (Å²) in [6.07, 6.45) is 0. The quantitative estimate of drug-likeness (QED) is 0.168. The van der Waals surface area contributed by atoms with E-state index in [0.29, 0.717) is 14.9 Å². The van der Waals surface area contributed by atoms with Gasteiger partial charge in [-0.15, -0.1) is 0 Å². The largest absolute Gasteiger partial charge is 0.292 e. The Balaban J connectivity index is 1.95. The Kier molecular flexibility index (Phi) is 7.14. The molecule has 1 aliphatic heterocycles. The van der Waals surface area contributed by atoms with Gasteiger partial charge in [0.15, 0.2) is 15.5 Å². The van der Waals surface area contributed by atoms with Crippen molar-refractivity contribution in [3.8, 4) is 0 Å². The minimum atomic E-state index is -4.71. The molecule has 8 nitrogen and oxygen atoms in total. The number of rotatable bonds is 7. The van der Waals surface area contributed by atoms with Crippen molar-refractivity contribution in [2.45, 2.75) is 21.8 Å². The Bertz CT molecular complexity index is 1410. The van der Waals surface area contributed by atoms with E-state index in [1.54, 1.807) is 30.3 Å². The minimum Gasteiger partial charge on any atom is -0.292 e. The van der Waals surface area contributed by atoms with Crippen LogP contribution >= 0.6 is 34.8 Å². The van der Waals surface area contributed by atoms with Crippen LogP contribution in [-0.4, -0.2) is 40.1 Å². The normalized spacial score (nSPS) is 17.9. The average Bonchev–Trinajstić information content (AvgIpc) is 3.26. The van der Waals surface area contributed by atoms with Gasteiger partial charge in [-0.1, -0.05) is 77.3 Å². The summed E-state index contributed by atoms with van der Waals surface area (Å²) in [4.78, 5) is 26.9. The third-order valence-electron chi connectivity index (χ3n) is 5.38. The monoisotopic (exact) mass is 551 g/mol. The molecule has 0 saturated carbocycles. The van der Waals surface area contributed by atoms with Crippen LogP contribution in [-0.2, 0) is 10.0 Å². The van der Waals surface area contributed by atoms with Crippen LogP contribution in [0.15, 0.2) is 88.8 Å². The maximum atomic E-state index is 13.9. The highest BCUT2D eigenvalue weighted by atomic mass is 35.5. The number of hydrogen-bond donors (Lipinski definition) is 0. The number of para-hydroxylation sites is 1. The fourth-order valence-corrected chi connectivity index (χ4v) is 6.18. The highest BCUT2D eigenvalue weighted by Crippen LogP contribution is 2.40. The second-order valence-electron chi connectivity index (χ2n) is 7.49. The molecule has 35 heavy (non-hydrogen) atoms. The van der Waals surface area contributed by atoms with Gasteiger partial charge in [0, 0.05) is 16.7 Å². The van der Waals surface area contributed by atoms with Crippen molar-refractivity contribution in [2.75, 3.05) is 0 Å². The molecule has 0 N–H and O–H groups in total. The number of nitro groups is 1. The maximum absolute atomic E-state index is 13.9. The average molecular weight is 553 g/mol. The maximum Gasteiger partial charge on any atom is 0.289 e. The topological polar surface area (TPSA) is 110 Å². The van der Waals surface area contributed by atoms with Crippen LogP contribution in [0.3, 0.4) is 0 Å². The van der Waals surface area contributed by atoms with Gasteiger partial charge in [0.2, 0.25) is 0 Å². The van der Waals surface area contributed by atoms with E-state index in [1.165, 1.54) is 36.4 Å². The number of Topliss-reactive ketones (excluding diaryl/α,β-unsaturated/α-hetero) is 1. The third-order valence-corrected chi connectivity index (χ3v) is 7.86. The fraction of sp³-hybridized carbons (Fsp3) is 0.130. The lowest BCUT2D eigenvalue weighted by Gasteiger charge is -2.29. The molecule has 0 aliphatic carbocycles. The molecule has 0 unspecified atom stereocenters. The molecule has 12 heteroatoms. The molecule has 4 rings (SSSR count). The Hall–Kier alpha value is -2.98. The van der Waals surface area contributed by atoms with Crippen LogP contribution in [0.4, 0.5) is 5.69 Å². The van der Waals surface area contributed by atoms with Gasteiger partial charge >= 0.3 is 0 Å². The summed E-state index contributed by atoms with van der Waals surface area (Å²) in [5.74, 6) is -0.918. The summed E-state index contributed by atoms with van der Waals surface area (Å²) >= 11 is 18.2. The van der Waals surface area contributed by atoms with Crippen LogP contribution < -0.4 is 0 Å². The molecule has 1 heterocycles. The molecule has 0 bridgehead atoms. The number of nitrogens with zero attached hydrogens (tertiary/aromatic N) is 3. The molecule has 0 amide bonds. The zero-order valence-corrected chi connectivity index (χ0v) is 20.7. The Morgan fingerprint density at radius 3 is 2.17 bits per heavy atom. The van der Waals surface area contributed by atoms with E-state index in [4.69, 9.17) is 34.8 Å². The summed E-state index contributed by atoms with van der Waals surface area (Å²) in [6, 6.07) is 16.8. The van der Waals surface area contributed by atoms with Crippen LogP contribution in [0.25, 0.3) is 0 Å². The van der Waals surface area contributed by atoms with E-state index in [-0.39, 0.29) is 11.4 Å². The lowest BCUT2D eigenvalue weighted by molar-refractivity contribution is -0.387. The number of aliphatic imine (C=N–C) groups is 1. The summed E-state index contributed by atoms with van der Waals surface area (Å²) in [7, 11) is -4.71. The first-order valence-corrected chi connectivity index (χ1v) is 12.8. The number of hydrogen-bond acceptors (Lipinski definition) is 6. The van der Waals surface area contributed by atoms with Crippen LogP contribution in [0.2, 0.25) is 5.02 Å². The first-order valence-electron chi connectivity index (χ1n) is 10.1. The standard InChI is InChI=1S/C23H16Cl3N3O5S/c24-16-12-10-15(11-13-16)21(30)20-19(14-6-2-1-3-7-14)27-23(22(25)26)28(20)35(33,34)18-9-5-4-8-17(18)29(31)32/h1-13,19-20,22H/t19-,20+/m0/s1. The Morgan fingerprint density at radius 1 is 0.971 bits per heavy atom. The van der Waals surface area contributed by atoms with Crippen molar-refractivity contribution in [3.63, 3.8) is 0 Å². The number of halogens is 3. The first kappa shape index (κ1) is 25.1. The highest BCUT2D eigenvalue weighted by molar-refractivity contribution is 7.90. The SMILES string of the molecule is O=C(c1ccc(Cl)cc1)[C@H]1[C@H](c2ccccc2)N=C(C(Cl)Cl)N1S(=O)(=O)c1ccccc1[N+](=O)[O-]. The van der Waals surface area contributed by atoms with E-state index in [0.717, 1.165) is 12.1 Å². The van der Waals surface area contributed by atoms with Crippen LogP contribution in [0.5, 0.6) is 0 Å². The van der Waals surface area contributed by atoms with Gasteiger partial charge in [0.05, 0.1) is 4.92 Å². The van der Waals surface area contributed by atoms with E-state index < -0.39 is 48.2 Å². The number of sulfonamides is 1. The molecule has 180 valence electrons. The van der Waals surface area contributed by atoms with E-state index in [9.17, 15) is 23.3 Å². The molecule has 0 saturated heterocycles. The molecule has 0 spiro atoms. The van der Waals surface area contributed by atoms with Crippen molar-refractivity contribution in [3.05, 3.63) is 105 Å². The number of ketones is 1. The van der Waals surface area contributed by atoms with Gasteiger partial charge in [0.1, 0.15) is 17.9 Å². The molecular formula is C23H16Cl3N3O5S. The van der Waals surface area contributed by atoms with E-state index in [1.807, 2.05) is 0 Å². The van der Waals surface area contributed by atoms with Crippen molar-refractivity contribution in [2.24, 2.45) is 4.99 Å². The minimum absolute atomic E-state index is 0.167. The number of benzene rings is 3. The van der Waals surface area contributed by atoms with Crippen molar-refractivity contribution in [1.82, 2.24) is 4.31 Å². The molecule has 2 atom stereocenters. The number of amidine groups is 1. The second-order valence-corrected chi connectivity index (χ2v) is 10.8. The van der Waals surface area contributed by atoms with Crippen molar-refractivity contribution < 1.29 is 18.1 Å². The number of carbonyl (C=O) groups excluding carboxylic acids is 1. The van der Waals surface area contributed by atoms with Crippen LogP contribution in [0.1, 0.15) is 22.0 Å². The number of carbonyl (C=O) groups is 1. The van der Waals surface area contributed by atoms with Crippen molar-refractivity contribution in [1.29, 1.82) is 0 Å². The second kappa shape index (κ2) is 9.94. The zero-order chi connectivity index (χ0) is 25.3. The highest BCUT2D eigenvalue weighted by Gasteiger charge is 2.50. The lowest BCUT2D eigenvalue weighted by atomic mass is 9.94. The third kappa shape index (κ3) is 4.77. The Labute approximate surface area is 216 Å². The summed E-state index contributed by atoms with van der Waals surface area (Å²) in [5, 5.41) is 12.0. The van der Waals surface area contributed by atoms with Gasteiger partial charge in [-0.3, -0.25) is 19.9 Å². The molecule has 3 aromatic rings. The smallest absolute Gasteiger partial charge is 0.289 e. The van der Waals surface area contributed by atoms with Gasteiger partial charge in [-0.25, -0.2) is 12.7 Å². The fourth-order valence-electron chi connectivity index (χ4n) is 3.84.